The van der Waals surface area contributed by atoms with Crippen LogP contribution in [0.4, 0.5) is 0 Å². The number of ketones is 2. The molecule has 0 amide bonds. The second kappa shape index (κ2) is 20.5. The van der Waals surface area contributed by atoms with Gasteiger partial charge in [-0.2, -0.15) is 0 Å². The van der Waals surface area contributed by atoms with E-state index in [1.807, 2.05) is 0 Å². The number of carbonyl (C=O) groups is 4. The van der Waals surface area contributed by atoms with Crippen LogP contribution in [0.2, 0.25) is 9.88 Å². The van der Waals surface area contributed by atoms with E-state index in [0.717, 1.165) is 38.5 Å². The van der Waals surface area contributed by atoms with Crippen molar-refractivity contribution in [3.8, 4) is 0 Å². The zero-order valence-corrected chi connectivity index (χ0v) is 24.5. The first-order valence-electron chi connectivity index (χ1n) is 13.2. The minimum atomic E-state index is -3.89. The Morgan fingerprint density at radius 2 is 0.818 bits per heavy atom. The van der Waals surface area contributed by atoms with Crippen LogP contribution in [-0.2, 0) is 25.3 Å². The molecule has 0 aliphatic rings. The quantitative estimate of drug-likeness (QED) is 0.0787. The topological polar surface area (TPSA) is 86.7 Å². The minimum Gasteiger partial charge on any atom is -0.0654 e. The van der Waals surface area contributed by atoms with E-state index in [1.54, 1.807) is 9.88 Å². The zero-order valence-electron chi connectivity index (χ0n) is 21.7. The van der Waals surface area contributed by atoms with E-state index in [0.29, 0.717) is 12.8 Å². The molecule has 0 saturated heterocycles. The molecule has 0 saturated carbocycles. The van der Waals surface area contributed by atoms with Gasteiger partial charge in [0.25, 0.3) is 0 Å². The smallest absolute Gasteiger partial charge is 0.0654 e. The molecule has 0 aromatic carbocycles. The van der Waals surface area contributed by atoms with Crippen molar-refractivity contribution >= 4 is 42.7 Å². The van der Waals surface area contributed by atoms with Gasteiger partial charge in [0.15, 0.2) is 0 Å². The Labute approximate surface area is 206 Å². The average molecular weight is 575 g/mol. The Bertz CT molecular complexity index is 525. The van der Waals surface area contributed by atoms with Crippen molar-refractivity contribution < 1.29 is 25.3 Å². The molecule has 0 aliphatic carbocycles. The van der Waals surface area contributed by atoms with Gasteiger partial charge in [0, 0.05) is 0 Å². The van der Waals surface area contributed by atoms with Gasteiger partial charge in [0.1, 0.15) is 0 Å². The Balaban J connectivity index is 3.99. The molecule has 0 radical (unpaired) electrons. The van der Waals surface area contributed by atoms with E-state index >= 15 is 0 Å². The Hall–Kier alpha value is -0.921. The van der Waals surface area contributed by atoms with E-state index in [2.05, 4.69) is 13.8 Å². The van der Waals surface area contributed by atoms with E-state index in [1.165, 1.54) is 51.4 Å². The van der Waals surface area contributed by atoms with E-state index < -0.39 is 31.1 Å². The van der Waals surface area contributed by atoms with Crippen LogP contribution in [0.15, 0.2) is 0 Å². The average Bonchev–Trinajstić information content (AvgIpc) is 2.71. The Kier molecular flexibility index (Phi) is 19.9. The molecule has 6 nitrogen and oxygen atoms in total. The van der Waals surface area contributed by atoms with Crippen molar-refractivity contribution in [3.63, 3.8) is 0 Å². The predicted octanol–water partition coefficient (Wildman–Crippen LogP) is 6.97. The standard InChI is InChI=1S/2C12H22O3.2CH3.Sn/c2*1-2-3-4-5-6-7-8-9-11(13)10-12(14)15;;;/h2*2-10H2,1H3,(H,14,15);2*1H3;/q;;;;+2/p-2. The number of carbonyl (C=O) groups excluding carboxylic acids is 4. The summed E-state index contributed by atoms with van der Waals surface area (Å²) in [6.07, 6.45) is 15.8. The molecule has 0 aromatic rings. The fourth-order valence-electron chi connectivity index (χ4n) is 3.70. The van der Waals surface area contributed by atoms with Crippen LogP contribution in [-0.4, -0.2) is 42.7 Å². The summed E-state index contributed by atoms with van der Waals surface area (Å²) in [5, 5.41) is 0. The maximum absolute atomic E-state index is 12.1. The molecule has 7 heteroatoms. The fourth-order valence-corrected chi connectivity index (χ4v) is 7.36. The van der Waals surface area contributed by atoms with Crippen molar-refractivity contribution in [1.82, 2.24) is 0 Å². The first-order chi connectivity index (χ1) is 15.7. The monoisotopic (exact) mass is 576 g/mol. The summed E-state index contributed by atoms with van der Waals surface area (Å²) in [5.41, 5.74) is 0. The first-order valence-corrected chi connectivity index (χ1v) is 21.2. The molecule has 0 bridgehead atoms. The molecule has 0 N–H and O–H groups in total. The first kappa shape index (κ1) is 32.1. The molecule has 0 atom stereocenters. The Morgan fingerprint density at radius 1 is 0.515 bits per heavy atom. The van der Waals surface area contributed by atoms with Crippen molar-refractivity contribution in [3.05, 3.63) is 0 Å². The van der Waals surface area contributed by atoms with Gasteiger partial charge in [-0.3, -0.25) is 0 Å². The van der Waals surface area contributed by atoms with Gasteiger partial charge < -0.3 is 0 Å². The number of rotatable bonds is 22. The molecule has 0 aliphatic heterocycles. The van der Waals surface area contributed by atoms with Crippen molar-refractivity contribution in [1.29, 1.82) is 0 Å². The summed E-state index contributed by atoms with van der Waals surface area (Å²) in [4.78, 5) is 51.5. The normalized spacial score (nSPS) is 11.3. The molecular weight excluding hydrogens is 527 g/mol. The van der Waals surface area contributed by atoms with Gasteiger partial charge in [-0.25, -0.2) is 0 Å². The van der Waals surface area contributed by atoms with E-state index in [4.69, 9.17) is 6.15 Å². The summed E-state index contributed by atoms with van der Waals surface area (Å²) >= 11 is -3.89. The van der Waals surface area contributed by atoms with Gasteiger partial charge in [0.2, 0.25) is 0 Å². The molecule has 0 spiro atoms. The second-order valence-electron chi connectivity index (χ2n) is 9.52. The number of unbranched alkanes of at least 4 members (excludes halogenated alkanes) is 12. The van der Waals surface area contributed by atoms with Crippen molar-refractivity contribution in [2.24, 2.45) is 0 Å². The number of Topliss-reactive ketones (excluding diaryl/α,β-unsaturated/α-hetero) is 2. The van der Waals surface area contributed by atoms with Crippen LogP contribution >= 0.6 is 0 Å². The van der Waals surface area contributed by atoms with Crippen LogP contribution in [0.5, 0.6) is 0 Å². The molecule has 0 rings (SSSR count). The van der Waals surface area contributed by atoms with E-state index in [9.17, 15) is 19.2 Å². The summed E-state index contributed by atoms with van der Waals surface area (Å²) in [6, 6.07) is 0. The molecule has 0 heterocycles. The van der Waals surface area contributed by atoms with Crippen LogP contribution in [0.3, 0.4) is 0 Å². The second-order valence-corrected chi connectivity index (χ2v) is 18.7. The van der Waals surface area contributed by atoms with Crippen LogP contribution in [0, 0.1) is 0 Å². The van der Waals surface area contributed by atoms with Crippen LogP contribution in [0.25, 0.3) is 0 Å². The molecular formula is C26H48O6Sn. The Morgan fingerprint density at radius 3 is 1.15 bits per heavy atom. The SMILES string of the molecule is CCCCCCCCCC(=O)CC(=O)[O][Sn]([CH3])([CH3])[O]C(=O)CC(=O)CCCCCCCCC. The molecule has 0 unspecified atom stereocenters. The molecule has 0 fully saturated rings. The van der Waals surface area contributed by atoms with Gasteiger partial charge in [-0.1, -0.05) is 13.8 Å². The minimum absolute atomic E-state index is 0.133. The van der Waals surface area contributed by atoms with Crippen molar-refractivity contribution in [2.75, 3.05) is 0 Å². The third-order valence-corrected chi connectivity index (χ3v) is 9.63. The fraction of sp³-hybridized carbons (Fsp3) is 0.846. The summed E-state index contributed by atoms with van der Waals surface area (Å²) < 4.78 is 10.7. The van der Waals surface area contributed by atoms with Crippen LogP contribution < -0.4 is 0 Å². The van der Waals surface area contributed by atoms with Gasteiger partial charge in [0.05, 0.1) is 0 Å². The van der Waals surface area contributed by atoms with Crippen LogP contribution in [0.1, 0.15) is 129 Å². The van der Waals surface area contributed by atoms with Gasteiger partial charge in [-0.15, -0.1) is 0 Å². The van der Waals surface area contributed by atoms with Gasteiger partial charge >= 0.3 is 193 Å². The molecule has 192 valence electrons. The third kappa shape index (κ3) is 21.4. The summed E-state index contributed by atoms with van der Waals surface area (Å²) in [6.45, 7) is 4.36. The maximum atomic E-state index is 12.1. The molecule has 0 aromatic heterocycles. The van der Waals surface area contributed by atoms with Gasteiger partial charge in [-0.05, 0) is 0 Å². The zero-order chi connectivity index (χ0) is 25.0. The summed E-state index contributed by atoms with van der Waals surface area (Å²) in [5.74, 6) is -1.50. The third-order valence-electron chi connectivity index (χ3n) is 5.52. The predicted molar refractivity (Wildman–Crippen MR) is 134 cm³/mol. The van der Waals surface area contributed by atoms with Crippen molar-refractivity contribution in [2.45, 2.75) is 139 Å². The number of hydrogen-bond acceptors (Lipinski definition) is 6. The number of hydrogen-bond donors (Lipinski definition) is 0. The molecule has 33 heavy (non-hydrogen) atoms. The summed E-state index contributed by atoms with van der Waals surface area (Å²) in [7, 11) is 0. The van der Waals surface area contributed by atoms with E-state index in [-0.39, 0.29) is 24.4 Å².